The predicted octanol–water partition coefficient (Wildman–Crippen LogP) is 1.62. The number of ether oxygens (including phenoxy) is 1. The summed E-state index contributed by atoms with van der Waals surface area (Å²) >= 11 is 0. The maximum atomic E-state index is 12.2. The first-order valence-electron chi connectivity index (χ1n) is 7.05. The van der Waals surface area contributed by atoms with E-state index in [-0.39, 0.29) is 22.8 Å². The van der Waals surface area contributed by atoms with Gasteiger partial charge in [-0.05, 0) is 31.0 Å². The third-order valence-corrected chi connectivity index (χ3v) is 5.48. The fourth-order valence-electron chi connectivity index (χ4n) is 2.54. The Bertz CT molecular complexity index is 629. The molecule has 0 amide bonds. The average molecular weight is 308 g/mol. The van der Waals surface area contributed by atoms with E-state index in [1.54, 1.807) is 12.1 Å². The molecular weight excluding hydrogens is 288 g/mol. The van der Waals surface area contributed by atoms with Crippen molar-refractivity contribution in [3.8, 4) is 6.07 Å². The second kappa shape index (κ2) is 6.56. The molecule has 0 atom stereocenters. The van der Waals surface area contributed by atoms with Crippen molar-refractivity contribution in [2.75, 3.05) is 19.0 Å². The minimum absolute atomic E-state index is 0.0992. The third kappa shape index (κ3) is 4.27. The number of hydrogen-bond donors (Lipinski definition) is 1. The second-order valence-corrected chi connectivity index (χ2v) is 7.69. The zero-order valence-corrected chi connectivity index (χ0v) is 12.7. The van der Waals surface area contributed by atoms with E-state index >= 15 is 0 Å². The monoisotopic (exact) mass is 308 g/mol. The molecule has 5 nitrogen and oxygen atoms in total. The standard InChI is InChI=1S/C15H20N2O3S/c16-11-13-4-3-5-14(10-13)21(18,19)9-8-20-12-15(17)6-1-2-7-15/h3-5,10H,1-2,6-9,12,17H2. The molecule has 0 heterocycles. The van der Waals surface area contributed by atoms with Crippen LogP contribution in [-0.2, 0) is 14.6 Å². The Morgan fingerprint density at radius 3 is 2.71 bits per heavy atom. The van der Waals surface area contributed by atoms with Gasteiger partial charge >= 0.3 is 0 Å². The minimum atomic E-state index is -3.43. The van der Waals surface area contributed by atoms with Gasteiger partial charge in [0.2, 0.25) is 0 Å². The molecule has 114 valence electrons. The van der Waals surface area contributed by atoms with E-state index in [4.69, 9.17) is 15.7 Å². The molecule has 0 aliphatic heterocycles. The highest BCUT2D eigenvalue weighted by Crippen LogP contribution is 2.27. The van der Waals surface area contributed by atoms with Gasteiger partial charge in [-0.1, -0.05) is 18.9 Å². The van der Waals surface area contributed by atoms with Crippen molar-refractivity contribution in [2.45, 2.75) is 36.1 Å². The SMILES string of the molecule is N#Cc1cccc(S(=O)(=O)CCOCC2(N)CCCC2)c1. The normalized spacial score (nSPS) is 17.5. The minimum Gasteiger partial charge on any atom is -0.378 e. The van der Waals surface area contributed by atoms with Crippen LogP contribution in [0.25, 0.3) is 0 Å². The maximum absolute atomic E-state index is 12.2. The summed E-state index contributed by atoms with van der Waals surface area (Å²) in [5.74, 6) is -0.0992. The summed E-state index contributed by atoms with van der Waals surface area (Å²) in [5.41, 5.74) is 6.20. The molecule has 1 aliphatic rings. The van der Waals surface area contributed by atoms with Gasteiger partial charge in [-0.2, -0.15) is 5.26 Å². The molecule has 2 rings (SSSR count). The maximum Gasteiger partial charge on any atom is 0.180 e. The molecule has 0 aromatic heterocycles. The number of hydrogen-bond acceptors (Lipinski definition) is 5. The molecule has 21 heavy (non-hydrogen) atoms. The lowest BCUT2D eigenvalue weighted by Gasteiger charge is -2.23. The van der Waals surface area contributed by atoms with Gasteiger partial charge in [0.15, 0.2) is 9.84 Å². The van der Waals surface area contributed by atoms with Gasteiger partial charge in [0.25, 0.3) is 0 Å². The Morgan fingerprint density at radius 2 is 2.05 bits per heavy atom. The molecule has 1 aliphatic carbocycles. The lowest BCUT2D eigenvalue weighted by Crippen LogP contribution is -2.41. The highest BCUT2D eigenvalue weighted by molar-refractivity contribution is 7.91. The van der Waals surface area contributed by atoms with E-state index in [1.165, 1.54) is 12.1 Å². The van der Waals surface area contributed by atoms with E-state index in [1.807, 2.05) is 6.07 Å². The Morgan fingerprint density at radius 1 is 1.33 bits per heavy atom. The van der Waals surface area contributed by atoms with Crippen molar-refractivity contribution in [3.05, 3.63) is 29.8 Å². The molecule has 0 unspecified atom stereocenters. The van der Waals surface area contributed by atoms with Gasteiger partial charge in [0, 0.05) is 5.54 Å². The first kappa shape index (κ1) is 16.0. The van der Waals surface area contributed by atoms with Crippen molar-refractivity contribution < 1.29 is 13.2 Å². The largest absolute Gasteiger partial charge is 0.378 e. The van der Waals surface area contributed by atoms with Crippen LogP contribution in [0, 0.1) is 11.3 Å². The molecule has 2 N–H and O–H groups in total. The van der Waals surface area contributed by atoms with Gasteiger partial charge in [-0.3, -0.25) is 0 Å². The zero-order valence-electron chi connectivity index (χ0n) is 11.9. The summed E-state index contributed by atoms with van der Waals surface area (Å²) in [6, 6.07) is 7.97. The predicted molar refractivity (Wildman–Crippen MR) is 79.4 cm³/mol. The number of nitrogens with zero attached hydrogens (tertiary/aromatic N) is 1. The van der Waals surface area contributed by atoms with Gasteiger partial charge in [0.05, 0.1) is 35.5 Å². The Hall–Kier alpha value is -1.42. The average Bonchev–Trinajstić information content (AvgIpc) is 2.91. The molecule has 1 aromatic carbocycles. The lowest BCUT2D eigenvalue weighted by molar-refractivity contribution is 0.0979. The van der Waals surface area contributed by atoms with Crippen LogP contribution in [0.5, 0.6) is 0 Å². The van der Waals surface area contributed by atoms with Crippen LogP contribution in [0.4, 0.5) is 0 Å². The number of rotatable bonds is 6. The molecule has 1 fully saturated rings. The summed E-state index contributed by atoms with van der Waals surface area (Å²) in [7, 11) is -3.43. The van der Waals surface area contributed by atoms with E-state index in [9.17, 15) is 8.42 Å². The van der Waals surface area contributed by atoms with Gasteiger partial charge in [0.1, 0.15) is 0 Å². The van der Waals surface area contributed by atoms with Crippen molar-refractivity contribution in [2.24, 2.45) is 5.73 Å². The molecule has 1 aromatic rings. The highest BCUT2D eigenvalue weighted by Gasteiger charge is 2.29. The van der Waals surface area contributed by atoms with Crippen LogP contribution in [-0.4, -0.2) is 32.9 Å². The molecule has 0 radical (unpaired) electrons. The molecular formula is C15H20N2O3S. The first-order valence-corrected chi connectivity index (χ1v) is 8.70. The fourth-order valence-corrected chi connectivity index (χ4v) is 3.71. The van der Waals surface area contributed by atoms with Crippen LogP contribution in [0.3, 0.4) is 0 Å². The topological polar surface area (TPSA) is 93.2 Å². The highest BCUT2D eigenvalue weighted by atomic mass is 32.2. The van der Waals surface area contributed by atoms with Crippen LogP contribution >= 0.6 is 0 Å². The first-order chi connectivity index (χ1) is 9.95. The Balaban J connectivity index is 1.88. The van der Waals surface area contributed by atoms with Crippen molar-refractivity contribution >= 4 is 9.84 Å². The molecule has 6 heteroatoms. The summed E-state index contributed by atoms with van der Waals surface area (Å²) in [4.78, 5) is 0.161. The number of nitrogens with two attached hydrogens (primary N) is 1. The van der Waals surface area contributed by atoms with E-state index in [0.29, 0.717) is 12.2 Å². The van der Waals surface area contributed by atoms with Crippen LogP contribution in [0.2, 0.25) is 0 Å². The number of benzene rings is 1. The van der Waals surface area contributed by atoms with Gasteiger partial charge in [-0.15, -0.1) is 0 Å². The van der Waals surface area contributed by atoms with E-state index in [0.717, 1.165) is 25.7 Å². The molecule has 0 saturated heterocycles. The lowest BCUT2D eigenvalue weighted by atomic mass is 10.0. The Labute approximate surface area is 125 Å². The molecule has 0 bridgehead atoms. The third-order valence-electron chi connectivity index (χ3n) is 3.81. The smallest absolute Gasteiger partial charge is 0.180 e. The second-order valence-electron chi connectivity index (χ2n) is 5.58. The number of sulfone groups is 1. The summed E-state index contributed by atoms with van der Waals surface area (Å²) in [5, 5.41) is 8.81. The Kier molecular flexibility index (Phi) is 4.99. The van der Waals surface area contributed by atoms with Crippen molar-refractivity contribution in [3.63, 3.8) is 0 Å². The summed E-state index contributed by atoms with van der Waals surface area (Å²) < 4.78 is 29.8. The zero-order chi connectivity index (χ0) is 15.3. The van der Waals surface area contributed by atoms with E-state index < -0.39 is 9.84 Å². The van der Waals surface area contributed by atoms with Crippen LogP contribution < -0.4 is 5.73 Å². The van der Waals surface area contributed by atoms with Crippen molar-refractivity contribution in [1.29, 1.82) is 5.26 Å². The molecule has 1 saturated carbocycles. The summed E-state index contributed by atoms with van der Waals surface area (Å²) in [6.07, 6.45) is 4.09. The van der Waals surface area contributed by atoms with Crippen molar-refractivity contribution in [1.82, 2.24) is 0 Å². The van der Waals surface area contributed by atoms with Gasteiger partial charge < -0.3 is 10.5 Å². The molecule has 0 spiro atoms. The quantitative estimate of drug-likeness (QED) is 0.806. The van der Waals surface area contributed by atoms with Crippen LogP contribution in [0.15, 0.2) is 29.2 Å². The fraction of sp³-hybridized carbons (Fsp3) is 0.533. The van der Waals surface area contributed by atoms with E-state index in [2.05, 4.69) is 0 Å². The summed E-state index contributed by atoms with van der Waals surface area (Å²) in [6.45, 7) is 0.527. The van der Waals surface area contributed by atoms with Crippen LogP contribution in [0.1, 0.15) is 31.2 Å². The number of nitriles is 1. The van der Waals surface area contributed by atoms with Gasteiger partial charge in [-0.25, -0.2) is 8.42 Å².